The first-order valence-corrected chi connectivity index (χ1v) is 10.1. The first kappa shape index (κ1) is 20.4. The van der Waals surface area contributed by atoms with Gasteiger partial charge in [-0.3, -0.25) is 9.59 Å². The van der Waals surface area contributed by atoms with Gasteiger partial charge in [0, 0.05) is 24.9 Å². The summed E-state index contributed by atoms with van der Waals surface area (Å²) in [5, 5.41) is 7.68. The van der Waals surface area contributed by atoms with E-state index in [2.05, 4.69) is 10.6 Å². The number of nitrogens with one attached hydrogen (secondary N) is 2. The van der Waals surface area contributed by atoms with E-state index in [4.69, 9.17) is 0 Å². The molecule has 0 spiro atoms. The minimum absolute atomic E-state index is 0.122. The van der Waals surface area contributed by atoms with Gasteiger partial charge in [0.15, 0.2) is 0 Å². The largest absolute Gasteiger partial charge is 0.324 e. The van der Waals surface area contributed by atoms with Crippen molar-refractivity contribution >= 4 is 45.7 Å². The Morgan fingerprint density at radius 3 is 2.61 bits per heavy atom. The van der Waals surface area contributed by atoms with E-state index < -0.39 is 0 Å². The van der Waals surface area contributed by atoms with Crippen LogP contribution in [0.25, 0.3) is 10.8 Å². The second-order valence-electron chi connectivity index (χ2n) is 7.70. The quantitative estimate of drug-likeness (QED) is 0.675. The molecule has 4 amide bonds. The Hall–Kier alpha value is -3.87. The van der Waals surface area contributed by atoms with Crippen LogP contribution in [-0.4, -0.2) is 42.4 Å². The maximum atomic E-state index is 13.2. The van der Waals surface area contributed by atoms with Crippen molar-refractivity contribution in [2.75, 3.05) is 29.1 Å². The summed E-state index contributed by atoms with van der Waals surface area (Å²) in [6, 6.07) is 19.9. The van der Waals surface area contributed by atoms with Gasteiger partial charge in [-0.15, -0.1) is 0 Å². The van der Waals surface area contributed by atoms with Crippen LogP contribution < -0.4 is 15.5 Å². The van der Waals surface area contributed by atoms with E-state index in [-0.39, 0.29) is 36.9 Å². The molecule has 0 aliphatic carbocycles. The molecule has 0 fully saturated rings. The molecule has 0 radical (unpaired) electrons. The fourth-order valence-electron chi connectivity index (χ4n) is 3.86. The van der Waals surface area contributed by atoms with E-state index in [9.17, 15) is 14.4 Å². The summed E-state index contributed by atoms with van der Waals surface area (Å²) in [5.41, 5.74) is 1.91. The summed E-state index contributed by atoms with van der Waals surface area (Å²) >= 11 is 0. The van der Waals surface area contributed by atoms with Gasteiger partial charge in [-0.25, -0.2) is 4.79 Å². The van der Waals surface area contributed by atoms with Crippen molar-refractivity contribution in [1.82, 2.24) is 4.90 Å². The molecule has 3 aromatic rings. The van der Waals surface area contributed by atoms with Crippen LogP contribution in [0.2, 0.25) is 0 Å². The van der Waals surface area contributed by atoms with Gasteiger partial charge in [0.05, 0.1) is 17.1 Å². The van der Waals surface area contributed by atoms with Crippen LogP contribution >= 0.6 is 0 Å². The van der Waals surface area contributed by atoms with Gasteiger partial charge in [-0.2, -0.15) is 0 Å². The van der Waals surface area contributed by atoms with Crippen LogP contribution in [0, 0.1) is 0 Å². The van der Waals surface area contributed by atoms with Gasteiger partial charge in [-0.1, -0.05) is 48.5 Å². The number of anilines is 3. The molecule has 0 saturated carbocycles. The first-order chi connectivity index (χ1) is 14.9. The minimum Gasteiger partial charge on any atom is -0.324 e. The number of carbonyl (C=O) groups excluding carboxylic acids is 3. The molecule has 7 nitrogen and oxygen atoms in total. The summed E-state index contributed by atoms with van der Waals surface area (Å²) in [6.07, 6.45) is 0.187. The molecule has 1 heterocycles. The Morgan fingerprint density at radius 1 is 1.06 bits per heavy atom. The average Bonchev–Trinajstić information content (AvgIpc) is 2.88. The van der Waals surface area contributed by atoms with Gasteiger partial charge < -0.3 is 20.4 Å². The van der Waals surface area contributed by atoms with E-state index in [0.29, 0.717) is 17.1 Å². The highest BCUT2D eigenvalue weighted by molar-refractivity contribution is 6.06. The van der Waals surface area contributed by atoms with Crippen molar-refractivity contribution in [2.45, 2.75) is 19.4 Å². The van der Waals surface area contributed by atoms with Crippen molar-refractivity contribution in [1.29, 1.82) is 0 Å². The fraction of sp³-hybridized carbons (Fsp3) is 0.208. The SMILES string of the molecule is C[C@@H]1CC(=O)Nc2ccccc2N1C(=O)CN(C)C(=O)Nc1cccc2ccccc12. The lowest BCUT2D eigenvalue weighted by molar-refractivity contribution is -0.119. The smallest absolute Gasteiger partial charge is 0.322 e. The Bertz CT molecular complexity index is 1160. The third kappa shape index (κ3) is 4.21. The number of amides is 4. The maximum Gasteiger partial charge on any atom is 0.322 e. The van der Waals surface area contributed by atoms with Crippen molar-refractivity contribution in [3.63, 3.8) is 0 Å². The summed E-state index contributed by atoms with van der Waals surface area (Å²) in [5.74, 6) is -0.399. The van der Waals surface area contributed by atoms with Crippen LogP contribution in [0.5, 0.6) is 0 Å². The molecule has 0 aromatic heterocycles. The van der Waals surface area contributed by atoms with Crippen LogP contribution in [0.1, 0.15) is 13.3 Å². The lowest BCUT2D eigenvalue weighted by Crippen LogP contribution is -2.46. The normalized spacial score (nSPS) is 15.6. The van der Waals surface area contributed by atoms with Crippen molar-refractivity contribution in [2.24, 2.45) is 0 Å². The summed E-state index contributed by atoms with van der Waals surface area (Å²) in [4.78, 5) is 41.1. The number of urea groups is 1. The molecule has 4 rings (SSSR count). The lowest BCUT2D eigenvalue weighted by atomic mass is 10.1. The van der Waals surface area contributed by atoms with Crippen LogP contribution in [0.4, 0.5) is 21.9 Å². The fourth-order valence-corrected chi connectivity index (χ4v) is 3.86. The summed E-state index contributed by atoms with van der Waals surface area (Å²) in [7, 11) is 1.58. The third-order valence-electron chi connectivity index (χ3n) is 5.38. The molecule has 0 unspecified atom stereocenters. The summed E-state index contributed by atoms with van der Waals surface area (Å²) < 4.78 is 0. The molecule has 158 valence electrons. The van der Waals surface area contributed by atoms with Crippen LogP contribution in [-0.2, 0) is 9.59 Å². The van der Waals surface area contributed by atoms with Gasteiger partial charge >= 0.3 is 6.03 Å². The van der Waals surface area contributed by atoms with Crippen molar-refractivity contribution in [3.8, 4) is 0 Å². The number of benzene rings is 3. The molecule has 2 N–H and O–H groups in total. The van der Waals surface area contributed by atoms with E-state index in [1.165, 1.54) is 4.90 Å². The van der Waals surface area contributed by atoms with Gasteiger partial charge in [-0.05, 0) is 30.5 Å². The highest BCUT2D eigenvalue weighted by atomic mass is 16.2. The molecule has 7 heteroatoms. The molecule has 0 bridgehead atoms. The molecule has 31 heavy (non-hydrogen) atoms. The zero-order chi connectivity index (χ0) is 22.0. The molecule has 0 saturated heterocycles. The van der Waals surface area contributed by atoms with Crippen LogP contribution in [0.3, 0.4) is 0 Å². The molecular weight excluding hydrogens is 392 g/mol. The highest BCUT2D eigenvalue weighted by Crippen LogP contribution is 2.31. The van der Waals surface area contributed by atoms with Crippen LogP contribution in [0.15, 0.2) is 66.7 Å². The minimum atomic E-state index is -0.380. The van der Waals surface area contributed by atoms with Crippen molar-refractivity contribution in [3.05, 3.63) is 66.7 Å². The number of hydrogen-bond donors (Lipinski definition) is 2. The maximum absolute atomic E-state index is 13.2. The topological polar surface area (TPSA) is 81.8 Å². The highest BCUT2D eigenvalue weighted by Gasteiger charge is 2.30. The van der Waals surface area contributed by atoms with E-state index in [1.807, 2.05) is 61.5 Å². The monoisotopic (exact) mass is 416 g/mol. The molecule has 1 aliphatic rings. The second-order valence-corrected chi connectivity index (χ2v) is 7.70. The predicted molar refractivity (Wildman–Crippen MR) is 122 cm³/mol. The first-order valence-electron chi connectivity index (χ1n) is 10.1. The Labute approximate surface area is 180 Å². The Balaban J connectivity index is 1.51. The zero-order valence-corrected chi connectivity index (χ0v) is 17.5. The Morgan fingerprint density at radius 2 is 1.77 bits per heavy atom. The number of likely N-dealkylation sites (N-methyl/N-ethyl adjacent to an activating group) is 1. The predicted octanol–water partition coefficient (Wildman–Crippen LogP) is 4.07. The Kier molecular flexibility index (Phi) is 5.58. The van der Waals surface area contributed by atoms with Crippen molar-refractivity contribution < 1.29 is 14.4 Å². The number of rotatable bonds is 3. The number of hydrogen-bond acceptors (Lipinski definition) is 3. The van der Waals surface area contributed by atoms with Gasteiger partial charge in [0.25, 0.3) is 0 Å². The second kappa shape index (κ2) is 8.47. The number of fused-ring (bicyclic) bond motifs is 2. The van der Waals surface area contributed by atoms with Gasteiger partial charge in [0.2, 0.25) is 11.8 Å². The molecule has 1 atom stereocenters. The average molecular weight is 416 g/mol. The van der Waals surface area contributed by atoms with E-state index >= 15 is 0 Å². The number of carbonyl (C=O) groups is 3. The lowest BCUT2D eigenvalue weighted by Gasteiger charge is -2.29. The number of nitrogens with zero attached hydrogens (tertiary/aromatic N) is 2. The number of para-hydroxylation sites is 2. The molecule has 1 aliphatic heterocycles. The third-order valence-corrected chi connectivity index (χ3v) is 5.38. The van der Waals surface area contributed by atoms with E-state index in [1.54, 1.807) is 24.1 Å². The molecular formula is C24H24N4O3. The standard InChI is InChI=1S/C24H24N4O3/c1-16-14-22(29)25-20-11-5-6-13-21(20)28(16)23(30)15-27(2)24(31)26-19-12-7-9-17-8-3-4-10-18(17)19/h3-13,16H,14-15H2,1-2H3,(H,25,29)(H,26,31)/t16-/m1/s1. The summed E-state index contributed by atoms with van der Waals surface area (Å²) in [6.45, 7) is 1.71. The zero-order valence-electron chi connectivity index (χ0n) is 17.5. The van der Waals surface area contributed by atoms with Gasteiger partial charge in [0.1, 0.15) is 6.54 Å². The van der Waals surface area contributed by atoms with E-state index in [0.717, 1.165) is 10.8 Å². The molecule has 3 aromatic carbocycles.